The number of aromatic nitrogens is 1. The van der Waals surface area contributed by atoms with Crippen molar-refractivity contribution in [2.75, 3.05) is 20.1 Å². The second kappa shape index (κ2) is 13.9. The molecule has 0 fully saturated rings. The summed E-state index contributed by atoms with van der Waals surface area (Å²) in [6.07, 6.45) is 1.01. The molecule has 2 aromatic carbocycles. The summed E-state index contributed by atoms with van der Waals surface area (Å²) < 4.78 is 5.62. The van der Waals surface area contributed by atoms with E-state index < -0.39 is 0 Å². The molecule has 0 bridgehead atoms. The van der Waals surface area contributed by atoms with Gasteiger partial charge in [-0.2, -0.15) is 0 Å². The van der Waals surface area contributed by atoms with Gasteiger partial charge in [-0.1, -0.05) is 60.7 Å². The van der Waals surface area contributed by atoms with Gasteiger partial charge in [0.1, 0.15) is 5.76 Å². The van der Waals surface area contributed by atoms with Crippen molar-refractivity contribution < 1.29 is 4.42 Å². The zero-order chi connectivity index (χ0) is 21.9. The molecular weight excluding hydrogens is 513 g/mol. The van der Waals surface area contributed by atoms with Crippen molar-refractivity contribution in [1.29, 1.82) is 0 Å². The van der Waals surface area contributed by atoms with Crippen molar-refractivity contribution in [3.8, 4) is 0 Å². The van der Waals surface area contributed by atoms with Crippen LogP contribution in [0.15, 0.2) is 70.1 Å². The largest absolute Gasteiger partial charge is 0.444 e. The Morgan fingerprint density at radius 3 is 2.03 bits per heavy atom. The number of aliphatic imine (C=N–C) groups is 1. The molecule has 0 atom stereocenters. The van der Waals surface area contributed by atoms with Crippen LogP contribution in [-0.4, -0.2) is 36.0 Å². The van der Waals surface area contributed by atoms with Crippen LogP contribution in [0, 0.1) is 13.8 Å². The molecule has 0 saturated heterocycles. The van der Waals surface area contributed by atoms with Gasteiger partial charge in [0.15, 0.2) is 5.96 Å². The van der Waals surface area contributed by atoms with Crippen LogP contribution in [0.3, 0.4) is 0 Å². The fourth-order valence-corrected chi connectivity index (χ4v) is 3.40. The Morgan fingerprint density at radius 2 is 1.53 bits per heavy atom. The fourth-order valence-electron chi connectivity index (χ4n) is 3.40. The maximum absolute atomic E-state index is 5.62. The van der Waals surface area contributed by atoms with E-state index in [1.54, 1.807) is 7.05 Å². The molecule has 1 aromatic heterocycles. The molecule has 1 heterocycles. The number of hydrogen-bond acceptors (Lipinski definition) is 4. The van der Waals surface area contributed by atoms with E-state index in [-0.39, 0.29) is 24.0 Å². The van der Waals surface area contributed by atoms with Crippen molar-refractivity contribution in [3.63, 3.8) is 0 Å². The van der Waals surface area contributed by atoms with Crippen LogP contribution in [0.4, 0.5) is 0 Å². The third kappa shape index (κ3) is 8.63. The number of nitrogens with one attached hydrogen (secondary N) is 2. The molecule has 0 amide bonds. The summed E-state index contributed by atoms with van der Waals surface area (Å²) in [7, 11) is 1.78. The van der Waals surface area contributed by atoms with E-state index in [2.05, 4.69) is 86.2 Å². The van der Waals surface area contributed by atoms with Crippen LogP contribution in [-0.2, 0) is 19.6 Å². The minimum absolute atomic E-state index is 0. The molecule has 6 nitrogen and oxygen atoms in total. The normalized spacial score (nSPS) is 11.3. The molecule has 7 heteroatoms. The second-order valence-electron chi connectivity index (χ2n) is 7.64. The van der Waals surface area contributed by atoms with Gasteiger partial charge in [-0.05, 0) is 31.4 Å². The molecule has 0 aliphatic heterocycles. The Balaban J connectivity index is 0.00000363. The van der Waals surface area contributed by atoms with Crippen molar-refractivity contribution in [1.82, 2.24) is 20.5 Å². The summed E-state index contributed by atoms with van der Waals surface area (Å²) in [5.74, 6) is 2.29. The quantitative estimate of drug-likeness (QED) is 0.167. The van der Waals surface area contributed by atoms with Gasteiger partial charge in [-0.25, -0.2) is 4.98 Å². The van der Waals surface area contributed by atoms with Gasteiger partial charge < -0.3 is 15.1 Å². The Kier molecular flexibility index (Phi) is 11.2. The summed E-state index contributed by atoms with van der Waals surface area (Å²) in [5.41, 5.74) is 3.59. The van der Waals surface area contributed by atoms with Crippen molar-refractivity contribution >= 4 is 29.9 Å². The Hall–Kier alpha value is -2.39. The van der Waals surface area contributed by atoms with Crippen molar-refractivity contribution in [2.45, 2.75) is 39.9 Å². The summed E-state index contributed by atoms with van der Waals surface area (Å²) in [6.45, 7) is 8.09. The number of hydrogen-bond donors (Lipinski definition) is 2. The van der Waals surface area contributed by atoms with Crippen LogP contribution in [0.1, 0.15) is 34.9 Å². The molecule has 0 saturated carbocycles. The highest BCUT2D eigenvalue weighted by Gasteiger charge is 2.09. The first-order valence-corrected chi connectivity index (χ1v) is 10.8. The molecule has 0 spiro atoms. The minimum Gasteiger partial charge on any atom is -0.444 e. The number of halogens is 1. The monoisotopic (exact) mass is 547 g/mol. The fraction of sp³-hybridized carbons (Fsp3) is 0.360. The van der Waals surface area contributed by atoms with Gasteiger partial charge in [0.2, 0.25) is 5.89 Å². The Labute approximate surface area is 208 Å². The third-order valence-corrected chi connectivity index (χ3v) is 5.15. The van der Waals surface area contributed by atoms with Crippen LogP contribution >= 0.6 is 24.0 Å². The van der Waals surface area contributed by atoms with E-state index in [4.69, 9.17) is 4.42 Å². The summed E-state index contributed by atoms with van der Waals surface area (Å²) in [6, 6.07) is 21.3. The average molecular weight is 547 g/mol. The number of benzene rings is 2. The van der Waals surface area contributed by atoms with E-state index in [0.717, 1.165) is 50.0 Å². The highest BCUT2D eigenvalue weighted by molar-refractivity contribution is 14.0. The smallest absolute Gasteiger partial charge is 0.214 e. The first kappa shape index (κ1) is 25.9. The van der Waals surface area contributed by atoms with Gasteiger partial charge in [-0.3, -0.25) is 9.89 Å². The first-order chi connectivity index (χ1) is 15.1. The molecular formula is C25H34IN5O. The number of oxazole rings is 1. The number of aryl methyl sites for hydroxylation is 2. The minimum atomic E-state index is 0. The highest BCUT2D eigenvalue weighted by Crippen LogP contribution is 2.11. The van der Waals surface area contributed by atoms with Gasteiger partial charge in [0.05, 0.1) is 12.2 Å². The van der Waals surface area contributed by atoms with E-state index in [1.165, 1.54) is 11.1 Å². The summed E-state index contributed by atoms with van der Waals surface area (Å²) in [5, 5.41) is 6.65. The predicted octanol–water partition coefficient (Wildman–Crippen LogP) is 4.67. The van der Waals surface area contributed by atoms with Crippen LogP contribution in [0.25, 0.3) is 0 Å². The van der Waals surface area contributed by atoms with Gasteiger partial charge >= 0.3 is 0 Å². The number of nitrogens with zero attached hydrogens (tertiary/aromatic N) is 3. The molecule has 2 N–H and O–H groups in total. The SMILES string of the molecule is CN=C(NCCCN(Cc1ccccc1)Cc1ccccc1)NCc1nc(C)c(C)o1.I. The maximum atomic E-state index is 5.62. The van der Waals surface area contributed by atoms with E-state index in [1.807, 2.05) is 13.8 Å². The van der Waals surface area contributed by atoms with Crippen molar-refractivity contribution in [3.05, 3.63) is 89.1 Å². The molecule has 32 heavy (non-hydrogen) atoms. The second-order valence-corrected chi connectivity index (χ2v) is 7.64. The molecule has 3 aromatic rings. The van der Waals surface area contributed by atoms with E-state index >= 15 is 0 Å². The summed E-state index contributed by atoms with van der Waals surface area (Å²) >= 11 is 0. The summed E-state index contributed by atoms with van der Waals surface area (Å²) in [4.78, 5) is 11.2. The van der Waals surface area contributed by atoms with Crippen molar-refractivity contribution in [2.24, 2.45) is 4.99 Å². The Bertz CT molecular complexity index is 882. The van der Waals surface area contributed by atoms with E-state index in [9.17, 15) is 0 Å². The lowest BCUT2D eigenvalue weighted by molar-refractivity contribution is 0.254. The highest BCUT2D eigenvalue weighted by atomic mass is 127. The standard InChI is InChI=1S/C25H33N5O.HI/c1-20-21(2)31-24(29-20)17-28-25(26-3)27-15-10-16-30(18-22-11-6-4-7-12-22)19-23-13-8-5-9-14-23;/h4-9,11-14H,10,15-19H2,1-3H3,(H2,26,27,28);1H. The predicted molar refractivity (Wildman–Crippen MR) is 141 cm³/mol. The Morgan fingerprint density at radius 1 is 0.938 bits per heavy atom. The van der Waals surface area contributed by atoms with Crippen LogP contribution in [0.2, 0.25) is 0 Å². The molecule has 0 aliphatic rings. The zero-order valence-electron chi connectivity index (χ0n) is 19.2. The topological polar surface area (TPSA) is 65.7 Å². The lowest BCUT2D eigenvalue weighted by Gasteiger charge is -2.23. The maximum Gasteiger partial charge on any atom is 0.214 e. The molecule has 3 rings (SSSR count). The zero-order valence-corrected chi connectivity index (χ0v) is 21.5. The molecule has 0 radical (unpaired) electrons. The molecule has 0 aliphatic carbocycles. The number of rotatable bonds is 10. The van der Waals surface area contributed by atoms with Crippen LogP contribution in [0.5, 0.6) is 0 Å². The van der Waals surface area contributed by atoms with Gasteiger partial charge in [0.25, 0.3) is 0 Å². The number of guanidine groups is 1. The van der Waals surface area contributed by atoms with Gasteiger partial charge in [-0.15, -0.1) is 24.0 Å². The lowest BCUT2D eigenvalue weighted by Crippen LogP contribution is -2.38. The molecule has 0 unspecified atom stereocenters. The van der Waals surface area contributed by atoms with Gasteiger partial charge in [0, 0.05) is 33.2 Å². The molecule has 172 valence electrons. The average Bonchev–Trinajstić information content (AvgIpc) is 3.11. The van der Waals surface area contributed by atoms with Crippen LogP contribution < -0.4 is 10.6 Å². The lowest BCUT2D eigenvalue weighted by atomic mass is 10.1. The third-order valence-electron chi connectivity index (χ3n) is 5.15. The van der Waals surface area contributed by atoms with E-state index in [0.29, 0.717) is 12.4 Å². The first-order valence-electron chi connectivity index (χ1n) is 10.8.